The first-order chi connectivity index (χ1) is 13.3. The summed E-state index contributed by atoms with van der Waals surface area (Å²) in [5.74, 6) is 0.138. The summed E-state index contributed by atoms with van der Waals surface area (Å²) >= 11 is 12.3. The molecule has 1 fully saturated rings. The Balaban J connectivity index is 1.65. The first-order valence-corrected chi connectivity index (χ1v) is 10.1. The van der Waals surface area contributed by atoms with E-state index < -0.39 is 5.41 Å². The number of aromatic nitrogens is 2. The topological polar surface area (TPSA) is 54.9 Å². The van der Waals surface area contributed by atoms with E-state index in [-0.39, 0.29) is 17.2 Å². The molecule has 3 aromatic rings. The van der Waals surface area contributed by atoms with Crippen LogP contribution in [0.15, 0.2) is 42.5 Å². The number of anilines is 1. The Morgan fingerprint density at radius 1 is 1.11 bits per heavy atom. The molecule has 6 heteroatoms. The van der Waals surface area contributed by atoms with E-state index in [1.165, 1.54) is 0 Å². The molecule has 0 saturated heterocycles. The Bertz CT molecular complexity index is 1140. The van der Waals surface area contributed by atoms with Crippen LogP contribution in [0, 0.1) is 5.41 Å². The molecule has 0 aliphatic heterocycles. The molecule has 2 bridgehead atoms. The van der Waals surface area contributed by atoms with E-state index in [4.69, 9.17) is 33.2 Å². The van der Waals surface area contributed by atoms with Crippen molar-refractivity contribution >= 4 is 45.8 Å². The second-order valence-corrected chi connectivity index (χ2v) is 9.09. The van der Waals surface area contributed by atoms with Gasteiger partial charge in [0.05, 0.1) is 38.5 Å². The molecule has 1 heterocycles. The lowest BCUT2D eigenvalue weighted by molar-refractivity contribution is -0.124. The molecule has 2 unspecified atom stereocenters. The third kappa shape index (κ3) is 2.22. The summed E-state index contributed by atoms with van der Waals surface area (Å²) in [6.07, 6.45) is 1.68. The summed E-state index contributed by atoms with van der Waals surface area (Å²) < 4.78 is 0. The third-order valence-corrected chi connectivity index (χ3v) is 7.23. The van der Waals surface area contributed by atoms with Gasteiger partial charge in [0.25, 0.3) is 0 Å². The fourth-order valence-electron chi connectivity index (χ4n) is 5.15. The number of fused-ring (bicyclic) bond motifs is 6. The average molecular weight is 412 g/mol. The van der Waals surface area contributed by atoms with Gasteiger partial charge in [0.15, 0.2) is 0 Å². The first kappa shape index (κ1) is 17.9. The van der Waals surface area contributed by atoms with Gasteiger partial charge in [0.2, 0.25) is 5.91 Å². The molecule has 2 aliphatic carbocycles. The molecule has 5 rings (SSSR count). The number of nitrogens with zero attached hydrogens (tertiary/aromatic N) is 2. The molecule has 2 atom stereocenters. The number of benzene rings is 2. The van der Waals surface area contributed by atoms with Crippen LogP contribution in [0.1, 0.15) is 44.0 Å². The van der Waals surface area contributed by atoms with Gasteiger partial charge in [-0.25, -0.2) is 9.97 Å². The van der Waals surface area contributed by atoms with Crippen molar-refractivity contribution in [3.05, 3.63) is 63.9 Å². The fourth-order valence-corrected chi connectivity index (χ4v) is 5.60. The average Bonchev–Trinajstić information content (AvgIpc) is 3.04. The molecule has 2 aromatic carbocycles. The van der Waals surface area contributed by atoms with Gasteiger partial charge in [-0.2, -0.15) is 0 Å². The maximum Gasteiger partial charge on any atom is 0.237 e. The molecule has 1 aromatic heterocycles. The molecule has 1 amide bonds. The van der Waals surface area contributed by atoms with Crippen molar-refractivity contribution in [2.24, 2.45) is 5.41 Å². The normalized spacial score (nSPS) is 24.4. The van der Waals surface area contributed by atoms with Crippen LogP contribution in [0.3, 0.4) is 0 Å². The van der Waals surface area contributed by atoms with Crippen molar-refractivity contribution in [2.75, 3.05) is 5.32 Å². The van der Waals surface area contributed by atoms with Gasteiger partial charge in [0.1, 0.15) is 0 Å². The van der Waals surface area contributed by atoms with Crippen molar-refractivity contribution in [3.8, 4) is 0 Å². The molecule has 4 nitrogen and oxygen atoms in total. The molecule has 142 valence electrons. The first-order valence-electron chi connectivity index (χ1n) is 9.38. The molecular formula is C22H19Cl2N3O. The largest absolute Gasteiger partial charge is 0.324 e. The van der Waals surface area contributed by atoms with Crippen molar-refractivity contribution < 1.29 is 4.79 Å². The smallest absolute Gasteiger partial charge is 0.237 e. The predicted octanol–water partition coefficient (Wildman–Crippen LogP) is 5.73. The molecule has 1 N–H and O–H groups in total. The van der Waals surface area contributed by atoms with Gasteiger partial charge in [-0.1, -0.05) is 49.2 Å². The number of halogens is 2. The van der Waals surface area contributed by atoms with E-state index >= 15 is 0 Å². The molecule has 0 radical (unpaired) electrons. The number of hydrogen-bond donors (Lipinski definition) is 1. The summed E-state index contributed by atoms with van der Waals surface area (Å²) in [7, 11) is 0. The van der Waals surface area contributed by atoms with Crippen LogP contribution in [0.4, 0.5) is 5.69 Å². The van der Waals surface area contributed by atoms with Crippen LogP contribution in [-0.2, 0) is 10.2 Å². The second kappa shape index (κ2) is 5.91. The van der Waals surface area contributed by atoms with Gasteiger partial charge < -0.3 is 5.32 Å². The highest BCUT2D eigenvalue weighted by Crippen LogP contribution is 2.67. The van der Waals surface area contributed by atoms with E-state index in [0.717, 1.165) is 35.3 Å². The van der Waals surface area contributed by atoms with E-state index in [0.29, 0.717) is 15.7 Å². The molecule has 1 saturated carbocycles. The molecule has 2 aliphatic rings. The fraction of sp³-hybridized carbons (Fsp3) is 0.318. The number of nitrogens with one attached hydrogen (secondary N) is 1. The van der Waals surface area contributed by atoms with Gasteiger partial charge in [0, 0.05) is 10.9 Å². The highest BCUT2D eigenvalue weighted by Gasteiger charge is 2.67. The maximum atomic E-state index is 13.7. The van der Waals surface area contributed by atoms with Crippen LogP contribution >= 0.6 is 23.2 Å². The molecular weight excluding hydrogens is 393 g/mol. The number of hydrogen-bond acceptors (Lipinski definition) is 3. The van der Waals surface area contributed by atoms with Crippen LogP contribution in [0.2, 0.25) is 10.0 Å². The maximum absolute atomic E-state index is 13.7. The Labute approximate surface area is 173 Å². The minimum atomic E-state index is -0.729. The zero-order valence-corrected chi connectivity index (χ0v) is 17.1. The number of carbonyl (C=O) groups excluding carboxylic acids is 1. The van der Waals surface area contributed by atoms with Crippen molar-refractivity contribution in [3.63, 3.8) is 0 Å². The van der Waals surface area contributed by atoms with E-state index in [1.54, 1.807) is 18.2 Å². The summed E-state index contributed by atoms with van der Waals surface area (Å²) in [5, 5.41) is 4.00. The number of carbonyl (C=O) groups is 1. The van der Waals surface area contributed by atoms with Gasteiger partial charge in [-0.15, -0.1) is 0 Å². The Hall–Kier alpha value is -2.17. The van der Waals surface area contributed by atoms with Crippen molar-refractivity contribution in [2.45, 2.75) is 38.0 Å². The lowest BCUT2D eigenvalue weighted by Crippen LogP contribution is -2.46. The Morgan fingerprint density at radius 3 is 2.54 bits per heavy atom. The van der Waals surface area contributed by atoms with E-state index in [1.807, 2.05) is 24.3 Å². The lowest BCUT2D eigenvalue weighted by Gasteiger charge is -2.36. The minimum absolute atomic E-state index is 0.0763. The van der Waals surface area contributed by atoms with Crippen molar-refractivity contribution in [1.82, 2.24) is 9.97 Å². The number of amides is 1. The standard InChI is InChI=1S/C22H19Cl2N3O/c1-21(2)13-9-10-22(21,20(28)27-15-8-7-12(23)11-14(15)24)19-18(13)25-16-5-3-4-6-17(16)26-19/h3-8,11,13H,9-10H2,1-2H3,(H,27,28). The summed E-state index contributed by atoms with van der Waals surface area (Å²) in [6.45, 7) is 4.31. The Morgan fingerprint density at radius 2 is 1.82 bits per heavy atom. The number of rotatable bonds is 2. The van der Waals surface area contributed by atoms with Crippen LogP contribution in [0.5, 0.6) is 0 Å². The minimum Gasteiger partial charge on any atom is -0.324 e. The highest BCUT2D eigenvalue weighted by molar-refractivity contribution is 6.36. The zero-order chi connectivity index (χ0) is 19.7. The molecule has 28 heavy (non-hydrogen) atoms. The Kier molecular flexibility index (Phi) is 3.78. The molecule has 0 spiro atoms. The second-order valence-electron chi connectivity index (χ2n) is 8.24. The monoisotopic (exact) mass is 411 g/mol. The third-order valence-electron chi connectivity index (χ3n) is 6.68. The summed E-state index contributed by atoms with van der Waals surface area (Å²) in [5.41, 5.74) is 3.03. The van der Waals surface area contributed by atoms with Crippen molar-refractivity contribution in [1.29, 1.82) is 0 Å². The zero-order valence-electron chi connectivity index (χ0n) is 15.6. The van der Waals surface area contributed by atoms with Gasteiger partial charge >= 0.3 is 0 Å². The highest BCUT2D eigenvalue weighted by atomic mass is 35.5. The number of para-hydroxylation sites is 2. The van der Waals surface area contributed by atoms with E-state index in [9.17, 15) is 4.79 Å². The summed E-state index contributed by atoms with van der Waals surface area (Å²) in [6, 6.07) is 12.9. The summed E-state index contributed by atoms with van der Waals surface area (Å²) in [4.78, 5) is 23.5. The SMILES string of the molecule is CC1(C)C2CCC1(C(=O)Nc1ccc(Cl)cc1Cl)c1nc3ccccc3nc12. The lowest BCUT2D eigenvalue weighted by atomic mass is 9.67. The predicted molar refractivity (Wildman–Crippen MR) is 112 cm³/mol. The van der Waals surface area contributed by atoms with Crippen LogP contribution < -0.4 is 5.32 Å². The van der Waals surface area contributed by atoms with E-state index in [2.05, 4.69) is 19.2 Å². The van der Waals surface area contributed by atoms with Gasteiger partial charge in [-0.05, 0) is 48.6 Å². The quantitative estimate of drug-likeness (QED) is 0.585. The van der Waals surface area contributed by atoms with Gasteiger partial charge in [-0.3, -0.25) is 4.79 Å². The van der Waals surface area contributed by atoms with Crippen LogP contribution in [0.25, 0.3) is 11.0 Å². The van der Waals surface area contributed by atoms with Crippen LogP contribution in [-0.4, -0.2) is 15.9 Å².